The summed E-state index contributed by atoms with van der Waals surface area (Å²) in [6, 6.07) is 4.34. The van der Waals surface area contributed by atoms with E-state index in [-0.39, 0.29) is 26.4 Å². The zero-order valence-corrected chi connectivity index (χ0v) is 12.4. The third kappa shape index (κ3) is 2.28. The van der Waals surface area contributed by atoms with E-state index in [2.05, 4.69) is 0 Å². The lowest BCUT2D eigenvalue weighted by Crippen LogP contribution is -2.05. The van der Waals surface area contributed by atoms with E-state index in [0.29, 0.717) is 0 Å². The van der Waals surface area contributed by atoms with Gasteiger partial charge in [0.1, 0.15) is 5.02 Å². The summed E-state index contributed by atoms with van der Waals surface area (Å²) >= 11 is 11.8. The number of halogens is 2. The lowest BCUT2D eigenvalue weighted by Gasteiger charge is -2.04. The molecule has 116 valence electrons. The third-order valence-corrected chi connectivity index (χ3v) is 3.99. The van der Waals surface area contributed by atoms with Crippen LogP contribution in [0.3, 0.4) is 0 Å². The van der Waals surface area contributed by atoms with Crippen LogP contribution in [0.15, 0.2) is 33.5 Å². The van der Waals surface area contributed by atoms with Gasteiger partial charge in [0.25, 0.3) is 5.69 Å². The van der Waals surface area contributed by atoms with Gasteiger partial charge in [-0.1, -0.05) is 23.2 Å². The van der Waals surface area contributed by atoms with Gasteiger partial charge in [0.15, 0.2) is 5.58 Å². The highest BCUT2D eigenvalue weighted by atomic mass is 35.5. The molecule has 0 N–H and O–H groups in total. The minimum atomic E-state index is -0.872. The first-order valence-electron chi connectivity index (χ1n) is 5.98. The van der Waals surface area contributed by atoms with Crippen molar-refractivity contribution in [2.45, 2.75) is 0 Å². The van der Waals surface area contributed by atoms with Crippen LogP contribution in [0.5, 0.6) is 0 Å². The summed E-state index contributed by atoms with van der Waals surface area (Å²) < 4.78 is 5.39. The van der Waals surface area contributed by atoms with Crippen molar-refractivity contribution in [1.82, 2.24) is 0 Å². The molecule has 1 heterocycles. The Bertz CT molecular complexity index is 1080. The summed E-state index contributed by atoms with van der Waals surface area (Å²) in [5.41, 5.74) is -2.48. The number of hydrogen-bond donors (Lipinski definition) is 0. The summed E-state index contributed by atoms with van der Waals surface area (Å²) in [7, 11) is 0. The quantitative estimate of drug-likeness (QED) is 0.389. The molecular weight excluding hydrogens is 351 g/mol. The van der Waals surface area contributed by atoms with Crippen LogP contribution in [0.4, 0.5) is 11.4 Å². The Hall–Kier alpha value is -2.71. The number of nitro groups is 2. The van der Waals surface area contributed by atoms with Gasteiger partial charge >= 0.3 is 5.69 Å². The van der Waals surface area contributed by atoms with Gasteiger partial charge < -0.3 is 4.42 Å². The average molecular weight is 355 g/mol. The van der Waals surface area contributed by atoms with E-state index in [1.807, 2.05) is 0 Å². The van der Waals surface area contributed by atoms with Crippen molar-refractivity contribution in [3.8, 4) is 0 Å². The van der Waals surface area contributed by atoms with Crippen LogP contribution in [-0.2, 0) is 0 Å². The van der Waals surface area contributed by atoms with Crippen molar-refractivity contribution >= 4 is 56.5 Å². The minimum absolute atomic E-state index is 0.0155. The molecule has 0 unspecified atom stereocenters. The fourth-order valence-electron chi connectivity index (χ4n) is 2.17. The van der Waals surface area contributed by atoms with E-state index in [1.54, 1.807) is 0 Å². The Morgan fingerprint density at radius 2 is 1.65 bits per heavy atom. The third-order valence-electron chi connectivity index (χ3n) is 3.20. The summed E-state index contributed by atoms with van der Waals surface area (Å²) in [4.78, 5) is 32.8. The standard InChI is InChI=1S/C13H4Cl2N2O6/c14-8-2-1-6-11(18)7-3-5(16(19)20)4-9(17(21)22)12(7)23-13(6)10(8)15/h1-4H. The number of nitrogens with zero attached hydrogens (tertiary/aromatic N) is 2. The predicted molar refractivity (Wildman–Crippen MR) is 83.3 cm³/mol. The first-order chi connectivity index (χ1) is 10.8. The number of fused-ring (bicyclic) bond motifs is 2. The Labute approximate surface area is 136 Å². The van der Waals surface area contributed by atoms with Gasteiger partial charge in [-0.15, -0.1) is 0 Å². The molecule has 0 saturated heterocycles. The van der Waals surface area contributed by atoms with E-state index in [9.17, 15) is 25.0 Å². The highest BCUT2D eigenvalue weighted by Gasteiger charge is 2.25. The first kappa shape index (κ1) is 15.2. The number of hydrogen-bond acceptors (Lipinski definition) is 6. The van der Waals surface area contributed by atoms with Crippen LogP contribution in [0, 0.1) is 20.2 Å². The maximum Gasteiger partial charge on any atom is 0.319 e. The van der Waals surface area contributed by atoms with E-state index >= 15 is 0 Å². The SMILES string of the molecule is O=c1c2cc([N+](=O)[O-])cc([N+](=O)[O-])c2oc2c(Cl)c(Cl)ccc12. The molecule has 0 aliphatic rings. The predicted octanol–water partition coefficient (Wildman–Crippen LogP) is 4.07. The van der Waals surface area contributed by atoms with Crippen LogP contribution < -0.4 is 5.43 Å². The van der Waals surface area contributed by atoms with Crippen LogP contribution in [0.1, 0.15) is 0 Å². The van der Waals surface area contributed by atoms with Crippen molar-refractivity contribution in [2.75, 3.05) is 0 Å². The Morgan fingerprint density at radius 3 is 2.26 bits per heavy atom. The largest absolute Gasteiger partial charge is 0.447 e. The molecule has 0 bridgehead atoms. The molecule has 0 fully saturated rings. The zero-order chi connectivity index (χ0) is 16.9. The Balaban J connectivity index is 2.61. The molecule has 23 heavy (non-hydrogen) atoms. The summed E-state index contributed by atoms with van der Waals surface area (Å²) in [5.74, 6) is 0. The van der Waals surface area contributed by atoms with E-state index < -0.39 is 32.2 Å². The van der Waals surface area contributed by atoms with Gasteiger partial charge in [0.05, 0.1) is 31.7 Å². The number of nitro benzene ring substituents is 2. The second-order valence-electron chi connectivity index (χ2n) is 4.53. The molecular formula is C13H4Cl2N2O6. The molecule has 8 nitrogen and oxygen atoms in total. The molecule has 0 aliphatic carbocycles. The highest BCUT2D eigenvalue weighted by molar-refractivity contribution is 6.44. The van der Waals surface area contributed by atoms with Crippen molar-refractivity contribution in [1.29, 1.82) is 0 Å². The lowest BCUT2D eigenvalue weighted by atomic mass is 10.1. The molecule has 2 aromatic carbocycles. The maximum atomic E-state index is 12.5. The van der Waals surface area contributed by atoms with Crippen molar-refractivity contribution in [3.63, 3.8) is 0 Å². The van der Waals surface area contributed by atoms with Crippen molar-refractivity contribution in [3.05, 3.63) is 64.8 Å². The maximum absolute atomic E-state index is 12.5. The normalized spacial score (nSPS) is 11.0. The minimum Gasteiger partial charge on any atom is -0.447 e. The van der Waals surface area contributed by atoms with Crippen molar-refractivity contribution in [2.24, 2.45) is 0 Å². The van der Waals surface area contributed by atoms with Crippen molar-refractivity contribution < 1.29 is 14.3 Å². The number of rotatable bonds is 2. The number of benzene rings is 2. The zero-order valence-electron chi connectivity index (χ0n) is 10.9. The smallest absolute Gasteiger partial charge is 0.319 e. The molecule has 0 aliphatic heterocycles. The van der Waals surface area contributed by atoms with E-state index in [4.69, 9.17) is 27.6 Å². The fourth-order valence-corrected chi connectivity index (χ4v) is 2.53. The fraction of sp³-hybridized carbons (Fsp3) is 0. The Morgan fingerprint density at radius 1 is 0.957 bits per heavy atom. The van der Waals surface area contributed by atoms with Crippen LogP contribution in [-0.4, -0.2) is 9.85 Å². The molecule has 0 amide bonds. The van der Waals surface area contributed by atoms with Crippen LogP contribution in [0.25, 0.3) is 21.9 Å². The summed E-state index contributed by atoms with van der Waals surface area (Å²) in [6.07, 6.45) is 0. The second-order valence-corrected chi connectivity index (χ2v) is 5.31. The molecule has 0 radical (unpaired) electrons. The monoisotopic (exact) mass is 354 g/mol. The molecule has 0 saturated carbocycles. The number of non-ortho nitro benzene ring substituents is 2. The molecule has 0 atom stereocenters. The highest BCUT2D eigenvalue weighted by Crippen LogP contribution is 2.35. The van der Waals surface area contributed by atoms with E-state index in [1.165, 1.54) is 12.1 Å². The van der Waals surface area contributed by atoms with E-state index in [0.717, 1.165) is 12.1 Å². The average Bonchev–Trinajstić information content (AvgIpc) is 2.50. The molecule has 10 heteroatoms. The second kappa shape index (κ2) is 5.18. The first-order valence-corrected chi connectivity index (χ1v) is 6.74. The van der Waals surface area contributed by atoms with Crippen LogP contribution in [0.2, 0.25) is 10.0 Å². The van der Waals surface area contributed by atoms with Gasteiger partial charge in [-0.3, -0.25) is 25.0 Å². The summed E-state index contributed by atoms with van der Waals surface area (Å²) in [6.45, 7) is 0. The van der Waals surface area contributed by atoms with Crippen LogP contribution >= 0.6 is 23.2 Å². The van der Waals surface area contributed by atoms with Gasteiger partial charge in [-0.05, 0) is 12.1 Å². The topological polar surface area (TPSA) is 116 Å². The van der Waals surface area contributed by atoms with Gasteiger partial charge in [-0.25, -0.2) is 0 Å². The molecule has 3 rings (SSSR count). The van der Waals surface area contributed by atoms with Gasteiger partial charge in [0.2, 0.25) is 11.0 Å². The van der Waals surface area contributed by atoms with Gasteiger partial charge in [-0.2, -0.15) is 0 Å². The molecule has 3 aromatic rings. The Kier molecular flexibility index (Phi) is 3.42. The van der Waals surface area contributed by atoms with Gasteiger partial charge in [0, 0.05) is 6.07 Å². The molecule has 1 aromatic heterocycles. The summed E-state index contributed by atoms with van der Waals surface area (Å²) in [5, 5.41) is 21.8. The molecule has 0 spiro atoms. The lowest BCUT2D eigenvalue weighted by molar-refractivity contribution is -0.393.